The van der Waals surface area contributed by atoms with E-state index in [2.05, 4.69) is 7.11 Å². The summed E-state index contributed by atoms with van der Waals surface area (Å²) in [6.45, 7) is 0. The molecule has 2 aromatic rings. The number of hydrogen-bond acceptors (Lipinski definition) is 2. The van der Waals surface area contributed by atoms with Gasteiger partial charge in [-0.1, -0.05) is 24.3 Å². The quantitative estimate of drug-likeness (QED) is 0.774. The van der Waals surface area contributed by atoms with E-state index in [1.54, 1.807) is 12.1 Å². The Morgan fingerprint density at radius 3 is 2.57 bits per heavy atom. The second-order valence-electron chi connectivity index (χ2n) is 5.95. The second kappa shape index (κ2) is 8.25. The zero-order valence-corrected chi connectivity index (χ0v) is 15.8. The van der Waals surface area contributed by atoms with Crippen LogP contribution < -0.4 is 4.74 Å². The number of hydrogen-bond donors (Lipinski definition) is 1. The number of alkyl halides is 1. The van der Waals surface area contributed by atoms with E-state index >= 15 is 0 Å². The third-order valence-electron chi connectivity index (χ3n) is 4.59. The Hall–Kier alpha value is -0.926. The van der Waals surface area contributed by atoms with Gasteiger partial charge in [0.2, 0.25) is 0 Å². The molecule has 1 aliphatic rings. The van der Waals surface area contributed by atoms with Crippen molar-refractivity contribution >= 4 is 0 Å². The van der Waals surface area contributed by atoms with Crippen LogP contribution in [-0.4, -0.2) is 11.3 Å². The number of halogens is 1. The monoisotopic (exact) mass is 388 g/mol. The molecule has 2 nitrogen and oxygen atoms in total. The van der Waals surface area contributed by atoms with Crippen molar-refractivity contribution in [3.05, 3.63) is 66.8 Å². The molecule has 3 rings (SSSR count). The van der Waals surface area contributed by atoms with E-state index in [1.807, 2.05) is 36.4 Å². The van der Waals surface area contributed by atoms with Crippen LogP contribution in [0.5, 0.6) is 11.5 Å². The van der Waals surface area contributed by atoms with Crippen LogP contribution in [0.2, 0.25) is 0 Å². The van der Waals surface area contributed by atoms with E-state index in [1.165, 1.54) is 0 Å². The van der Waals surface area contributed by atoms with Gasteiger partial charge in [0, 0.05) is 38.6 Å². The van der Waals surface area contributed by atoms with E-state index in [4.69, 9.17) is 4.74 Å². The molecule has 0 saturated heterocycles. The summed E-state index contributed by atoms with van der Waals surface area (Å²) in [6, 6.07) is 14.8. The van der Waals surface area contributed by atoms with Crippen molar-refractivity contribution in [2.45, 2.75) is 31.4 Å². The van der Waals surface area contributed by atoms with E-state index in [0.29, 0.717) is 18.6 Å². The minimum absolute atomic E-state index is 0. The molecular weight excluding hydrogens is 368 g/mol. The van der Waals surface area contributed by atoms with Crippen LogP contribution in [0.3, 0.4) is 0 Å². The number of rotatable bonds is 4. The maximum atomic E-state index is 14.4. The molecule has 0 bridgehead atoms. The maximum absolute atomic E-state index is 14.4. The van der Waals surface area contributed by atoms with Crippen molar-refractivity contribution < 1.29 is 46.9 Å². The van der Waals surface area contributed by atoms with Gasteiger partial charge in [-0.2, -0.15) is 7.11 Å². The molecule has 1 fully saturated rings. The number of phenols is 1. The molecule has 1 saturated carbocycles. The molecule has 0 spiro atoms. The van der Waals surface area contributed by atoms with Crippen LogP contribution in [0.1, 0.15) is 29.9 Å². The summed E-state index contributed by atoms with van der Waals surface area (Å²) in [5.74, 6) is 1.10. The zero-order valence-electron chi connectivity index (χ0n) is 13.0. The fraction of sp³-hybridized carbons (Fsp3) is 0.316. The average Bonchev–Trinajstić information content (AvgIpc) is 2.89. The first kappa shape index (κ1) is 18.4. The molecule has 23 heavy (non-hydrogen) atoms. The number of benzene rings is 2. The molecule has 0 aromatic heterocycles. The SMILES string of the molecule is [CH2-]Oc1cccc(CC2C(F)CCC2c2ccc(O)cc2)c1.[Y]. The van der Waals surface area contributed by atoms with Crippen LogP contribution in [0.4, 0.5) is 4.39 Å². The van der Waals surface area contributed by atoms with E-state index in [0.717, 1.165) is 17.5 Å². The number of ether oxygens (including phenoxy) is 1. The molecule has 1 aliphatic carbocycles. The van der Waals surface area contributed by atoms with Crippen molar-refractivity contribution in [2.24, 2.45) is 5.92 Å². The van der Waals surface area contributed by atoms with Crippen molar-refractivity contribution in [1.82, 2.24) is 0 Å². The molecule has 3 unspecified atom stereocenters. The van der Waals surface area contributed by atoms with Gasteiger partial charge in [0.15, 0.2) is 0 Å². The molecule has 0 amide bonds. The molecule has 2 aromatic carbocycles. The fourth-order valence-corrected chi connectivity index (χ4v) is 3.46. The minimum Gasteiger partial charge on any atom is -0.665 e. The van der Waals surface area contributed by atoms with Crippen LogP contribution >= 0.6 is 0 Å². The maximum Gasteiger partial charge on any atom is 0.115 e. The first-order valence-corrected chi connectivity index (χ1v) is 7.61. The summed E-state index contributed by atoms with van der Waals surface area (Å²) >= 11 is 0. The van der Waals surface area contributed by atoms with Gasteiger partial charge in [-0.3, -0.25) is 0 Å². The Morgan fingerprint density at radius 2 is 1.87 bits per heavy atom. The van der Waals surface area contributed by atoms with Gasteiger partial charge in [-0.15, -0.1) is 0 Å². The van der Waals surface area contributed by atoms with Crippen molar-refractivity contribution in [3.8, 4) is 11.5 Å². The Labute approximate surface area is 161 Å². The van der Waals surface area contributed by atoms with Gasteiger partial charge in [0.1, 0.15) is 11.9 Å². The summed E-state index contributed by atoms with van der Waals surface area (Å²) in [4.78, 5) is 0. The van der Waals surface area contributed by atoms with Crippen molar-refractivity contribution in [1.29, 1.82) is 0 Å². The third-order valence-corrected chi connectivity index (χ3v) is 4.59. The number of phenolic OH excluding ortho intramolecular Hbond substituents is 1. The van der Waals surface area contributed by atoms with Crippen molar-refractivity contribution in [3.63, 3.8) is 0 Å². The van der Waals surface area contributed by atoms with Crippen LogP contribution in [-0.2, 0) is 39.1 Å². The fourth-order valence-electron chi connectivity index (χ4n) is 3.46. The van der Waals surface area contributed by atoms with E-state index in [9.17, 15) is 9.50 Å². The van der Waals surface area contributed by atoms with E-state index < -0.39 is 6.17 Å². The first-order valence-electron chi connectivity index (χ1n) is 7.61. The Kier molecular flexibility index (Phi) is 6.61. The Balaban J connectivity index is 0.00000192. The predicted octanol–water partition coefficient (Wildman–Crippen LogP) is 4.63. The third kappa shape index (κ3) is 4.33. The predicted molar refractivity (Wildman–Crippen MR) is 84.6 cm³/mol. The van der Waals surface area contributed by atoms with Crippen LogP contribution in [0.25, 0.3) is 0 Å². The van der Waals surface area contributed by atoms with Gasteiger partial charge in [0.25, 0.3) is 0 Å². The van der Waals surface area contributed by atoms with Crippen LogP contribution in [0.15, 0.2) is 48.5 Å². The second-order valence-corrected chi connectivity index (χ2v) is 5.95. The summed E-state index contributed by atoms with van der Waals surface area (Å²) in [6.07, 6.45) is 1.34. The molecule has 0 aliphatic heterocycles. The molecule has 1 N–H and O–H groups in total. The summed E-state index contributed by atoms with van der Waals surface area (Å²) < 4.78 is 19.4. The minimum atomic E-state index is -0.789. The summed E-state index contributed by atoms with van der Waals surface area (Å²) in [5.41, 5.74) is 2.17. The molecule has 3 atom stereocenters. The Bertz CT molecular complexity index is 630. The van der Waals surface area contributed by atoms with Gasteiger partial charge in [-0.25, -0.2) is 4.39 Å². The standard InChI is InChI=1S/C19H20FO2.Y/c1-22-16-4-2-3-13(11-16)12-18-17(9-10-19(18)20)14-5-7-15(21)8-6-14;/h2-8,11,17-19,21H,1,9-10,12H2;/q-1;. The van der Waals surface area contributed by atoms with Gasteiger partial charge < -0.3 is 9.84 Å². The summed E-state index contributed by atoms with van der Waals surface area (Å²) in [7, 11) is 3.42. The topological polar surface area (TPSA) is 29.5 Å². The van der Waals surface area contributed by atoms with Gasteiger partial charge >= 0.3 is 0 Å². The number of aromatic hydroxyl groups is 1. The molecular formula is C19H20FO2Y-. The molecule has 119 valence electrons. The van der Waals surface area contributed by atoms with E-state index in [-0.39, 0.29) is 50.3 Å². The normalized spacial score (nSPS) is 23.3. The van der Waals surface area contributed by atoms with Gasteiger partial charge in [0.05, 0.1) is 5.75 Å². The Morgan fingerprint density at radius 1 is 1.13 bits per heavy atom. The largest absolute Gasteiger partial charge is 0.665 e. The zero-order chi connectivity index (χ0) is 15.5. The first-order chi connectivity index (χ1) is 10.7. The van der Waals surface area contributed by atoms with Crippen molar-refractivity contribution in [2.75, 3.05) is 0 Å². The average molecular weight is 388 g/mol. The molecule has 4 heteroatoms. The molecule has 1 radical (unpaired) electrons. The summed E-state index contributed by atoms with van der Waals surface area (Å²) in [5, 5.41) is 9.42. The van der Waals surface area contributed by atoms with Gasteiger partial charge in [-0.05, 0) is 60.6 Å². The molecule has 0 heterocycles. The van der Waals surface area contributed by atoms with Crippen LogP contribution in [0, 0.1) is 13.0 Å². The smallest absolute Gasteiger partial charge is 0.115 e.